The van der Waals surface area contributed by atoms with Crippen LogP contribution in [-0.4, -0.2) is 4.57 Å². The van der Waals surface area contributed by atoms with Crippen LogP contribution in [0.15, 0.2) is 243 Å². The lowest BCUT2D eigenvalue weighted by Gasteiger charge is -2.30. The van der Waals surface area contributed by atoms with Crippen LogP contribution in [0, 0.1) is 0 Å². The van der Waals surface area contributed by atoms with Gasteiger partial charge in [-0.1, -0.05) is 224 Å². The van der Waals surface area contributed by atoms with Gasteiger partial charge in [0, 0.05) is 32.8 Å². The first-order valence-electron chi connectivity index (χ1n) is 26.1. The molecule has 0 bridgehead atoms. The molecule has 0 amide bonds. The minimum Gasteiger partial charge on any atom is -0.309 e. The standard InChI is InChI=1S/C72H58N2/c1-71(2,3)56-35-41-67-62(45-56)63-46-57(72(4,5)6)36-42-68(63)74(67)66-40-34-52-31-37-60-65(39-33-51-32-38-61(66)70(52)69(51)60)73(58-24-16-22-54(44-58)50-29-27-49(28-30-50)47-17-9-7-10-18-47)64-26-14-13-25-59(64)55-23-15-21-53(43-55)48-19-11-8-12-20-48/h7-46H,1-6H3. The van der Waals surface area contributed by atoms with E-state index in [1.165, 1.54) is 98.8 Å². The van der Waals surface area contributed by atoms with Crippen molar-refractivity contribution in [1.29, 1.82) is 0 Å². The summed E-state index contributed by atoms with van der Waals surface area (Å²) in [5, 5.41) is 10.0. The summed E-state index contributed by atoms with van der Waals surface area (Å²) in [5.41, 5.74) is 19.2. The second kappa shape index (κ2) is 17.5. The molecular weight excluding hydrogens is 893 g/mol. The molecule has 0 aliphatic heterocycles. The van der Waals surface area contributed by atoms with Gasteiger partial charge in [0.05, 0.1) is 28.1 Å². The first-order chi connectivity index (χ1) is 36.0. The molecule has 0 aliphatic rings. The minimum atomic E-state index is 0.0189. The molecule has 0 N–H and O–H groups in total. The van der Waals surface area contributed by atoms with Crippen molar-refractivity contribution in [2.45, 2.75) is 52.4 Å². The molecule has 0 radical (unpaired) electrons. The molecule has 0 saturated heterocycles. The van der Waals surface area contributed by atoms with Gasteiger partial charge in [-0.15, -0.1) is 0 Å². The number of nitrogens with zero attached hydrogens (tertiary/aromatic N) is 2. The second-order valence-corrected chi connectivity index (χ2v) is 22.2. The second-order valence-electron chi connectivity index (χ2n) is 22.2. The van der Waals surface area contributed by atoms with E-state index >= 15 is 0 Å². The third-order valence-electron chi connectivity index (χ3n) is 15.5. The minimum absolute atomic E-state index is 0.0189. The zero-order chi connectivity index (χ0) is 50.3. The summed E-state index contributed by atoms with van der Waals surface area (Å²) in [7, 11) is 0. The van der Waals surface area contributed by atoms with E-state index in [0.29, 0.717) is 0 Å². The Balaban J connectivity index is 1.03. The average molecular weight is 951 g/mol. The molecule has 12 aromatic carbocycles. The largest absolute Gasteiger partial charge is 0.309 e. The average Bonchev–Trinajstić information content (AvgIpc) is 3.77. The summed E-state index contributed by atoms with van der Waals surface area (Å²) >= 11 is 0. The van der Waals surface area contributed by atoms with Crippen molar-refractivity contribution in [1.82, 2.24) is 4.57 Å². The lowest BCUT2D eigenvalue weighted by molar-refractivity contribution is 0.590. The van der Waals surface area contributed by atoms with Crippen molar-refractivity contribution in [2.24, 2.45) is 0 Å². The van der Waals surface area contributed by atoms with Crippen molar-refractivity contribution in [3.63, 3.8) is 0 Å². The Kier molecular flexibility index (Phi) is 10.7. The summed E-state index contributed by atoms with van der Waals surface area (Å²) in [5.74, 6) is 0. The van der Waals surface area contributed by atoms with Gasteiger partial charge in [-0.05, 0) is 143 Å². The highest BCUT2D eigenvalue weighted by Crippen LogP contribution is 2.49. The Morgan fingerprint density at radius 3 is 1.42 bits per heavy atom. The molecule has 0 aliphatic carbocycles. The molecule has 0 atom stereocenters. The number of hydrogen-bond donors (Lipinski definition) is 0. The Morgan fingerprint density at radius 2 is 0.784 bits per heavy atom. The van der Waals surface area contributed by atoms with Crippen LogP contribution in [0.2, 0.25) is 0 Å². The van der Waals surface area contributed by atoms with Crippen molar-refractivity contribution < 1.29 is 0 Å². The predicted octanol–water partition coefficient (Wildman–Crippen LogP) is 20.4. The van der Waals surface area contributed by atoms with Crippen molar-refractivity contribution >= 4 is 71.2 Å². The predicted molar refractivity (Wildman–Crippen MR) is 318 cm³/mol. The fraction of sp³-hybridized carbons (Fsp3) is 0.111. The van der Waals surface area contributed by atoms with Gasteiger partial charge in [0.15, 0.2) is 0 Å². The number of hydrogen-bond acceptors (Lipinski definition) is 1. The van der Waals surface area contributed by atoms with Crippen LogP contribution < -0.4 is 4.90 Å². The molecule has 13 rings (SSSR count). The summed E-state index contributed by atoms with van der Waals surface area (Å²) in [4.78, 5) is 2.51. The maximum absolute atomic E-state index is 2.53. The van der Waals surface area contributed by atoms with Gasteiger partial charge >= 0.3 is 0 Å². The quantitative estimate of drug-likeness (QED) is 0.138. The van der Waals surface area contributed by atoms with E-state index in [-0.39, 0.29) is 10.8 Å². The van der Waals surface area contributed by atoms with Crippen molar-refractivity contribution in [3.05, 3.63) is 254 Å². The number of para-hydroxylation sites is 1. The first kappa shape index (κ1) is 45.2. The van der Waals surface area contributed by atoms with Gasteiger partial charge in [0.25, 0.3) is 0 Å². The number of rotatable bonds is 8. The smallest absolute Gasteiger partial charge is 0.0541 e. The van der Waals surface area contributed by atoms with Crippen LogP contribution in [0.1, 0.15) is 52.7 Å². The molecule has 13 aromatic rings. The lowest BCUT2D eigenvalue weighted by atomic mass is 9.85. The van der Waals surface area contributed by atoms with Gasteiger partial charge in [0.2, 0.25) is 0 Å². The Labute approximate surface area is 434 Å². The highest BCUT2D eigenvalue weighted by atomic mass is 15.1. The summed E-state index contributed by atoms with van der Waals surface area (Å²) < 4.78 is 2.53. The van der Waals surface area contributed by atoms with Crippen LogP contribution in [0.3, 0.4) is 0 Å². The molecule has 0 unspecified atom stereocenters. The van der Waals surface area contributed by atoms with Crippen LogP contribution in [0.4, 0.5) is 17.1 Å². The SMILES string of the molecule is CC(C)(C)c1ccc2c(c1)c1cc(C(C)(C)C)ccc1n2-c1ccc2ccc3c(N(c4cccc(-c5ccc(-c6ccccc6)cc5)c4)c4ccccc4-c4cccc(-c5ccccc5)c4)ccc4ccc1c2c43. The topological polar surface area (TPSA) is 8.17 Å². The molecule has 74 heavy (non-hydrogen) atoms. The number of benzene rings is 12. The van der Waals surface area contributed by atoms with Gasteiger partial charge in [-0.2, -0.15) is 0 Å². The van der Waals surface area contributed by atoms with E-state index in [2.05, 4.69) is 294 Å². The van der Waals surface area contributed by atoms with Gasteiger partial charge in [0.1, 0.15) is 0 Å². The zero-order valence-corrected chi connectivity index (χ0v) is 43.0. The molecule has 2 nitrogen and oxygen atoms in total. The molecule has 0 fully saturated rings. The number of aromatic nitrogens is 1. The summed E-state index contributed by atoms with van der Waals surface area (Å²) in [6.45, 7) is 13.9. The van der Waals surface area contributed by atoms with Gasteiger partial charge < -0.3 is 9.47 Å². The fourth-order valence-corrected chi connectivity index (χ4v) is 11.5. The molecule has 0 spiro atoms. The zero-order valence-electron chi connectivity index (χ0n) is 43.0. The third kappa shape index (κ3) is 7.72. The Morgan fingerprint density at radius 1 is 0.311 bits per heavy atom. The maximum Gasteiger partial charge on any atom is 0.0541 e. The van der Waals surface area contributed by atoms with E-state index < -0.39 is 0 Å². The maximum atomic E-state index is 2.53. The van der Waals surface area contributed by atoms with Crippen molar-refractivity contribution in [3.8, 4) is 50.2 Å². The molecule has 1 heterocycles. The summed E-state index contributed by atoms with van der Waals surface area (Å²) in [6, 6.07) is 90.4. The molecular formula is C72H58N2. The van der Waals surface area contributed by atoms with Crippen molar-refractivity contribution in [2.75, 3.05) is 4.90 Å². The number of fused-ring (bicyclic) bond motifs is 3. The van der Waals surface area contributed by atoms with Crippen LogP contribution >= 0.6 is 0 Å². The molecule has 1 aromatic heterocycles. The van der Waals surface area contributed by atoms with Crippen LogP contribution in [-0.2, 0) is 10.8 Å². The first-order valence-corrected chi connectivity index (χ1v) is 26.1. The monoisotopic (exact) mass is 950 g/mol. The number of anilines is 3. The highest BCUT2D eigenvalue weighted by Gasteiger charge is 2.25. The molecule has 2 heteroatoms. The van der Waals surface area contributed by atoms with E-state index in [4.69, 9.17) is 0 Å². The highest BCUT2D eigenvalue weighted by molar-refractivity contribution is 6.27. The van der Waals surface area contributed by atoms with E-state index in [9.17, 15) is 0 Å². The fourth-order valence-electron chi connectivity index (χ4n) is 11.5. The van der Waals surface area contributed by atoms with E-state index in [0.717, 1.165) is 33.8 Å². The van der Waals surface area contributed by atoms with Crippen LogP contribution in [0.5, 0.6) is 0 Å². The molecule has 0 saturated carbocycles. The third-order valence-corrected chi connectivity index (χ3v) is 15.5. The Bertz CT molecular complexity index is 4170. The van der Waals surface area contributed by atoms with Crippen LogP contribution in [0.25, 0.3) is 104 Å². The Hall–Kier alpha value is -8.72. The van der Waals surface area contributed by atoms with E-state index in [1.807, 2.05) is 0 Å². The van der Waals surface area contributed by atoms with Gasteiger partial charge in [-0.25, -0.2) is 0 Å². The van der Waals surface area contributed by atoms with E-state index in [1.54, 1.807) is 0 Å². The summed E-state index contributed by atoms with van der Waals surface area (Å²) in [6.07, 6.45) is 0. The normalized spacial score (nSPS) is 12.2. The lowest BCUT2D eigenvalue weighted by Crippen LogP contribution is -2.12. The van der Waals surface area contributed by atoms with Gasteiger partial charge in [-0.3, -0.25) is 0 Å². The molecule has 356 valence electrons.